The Morgan fingerprint density at radius 1 is 1.25 bits per heavy atom. The molecule has 122 valence electrons. The van der Waals surface area contributed by atoms with Gasteiger partial charge in [0.2, 0.25) is 0 Å². The SMILES string of the molecule is Cc1ccc2c(Cl)c(C(=O)NN=CCCc3ccccc3)sc2c1. The third-order valence-corrected chi connectivity index (χ3v) is 5.31. The van der Waals surface area contributed by atoms with Gasteiger partial charge in [0.05, 0.1) is 5.02 Å². The molecule has 1 N–H and O–H groups in total. The largest absolute Gasteiger partial charge is 0.282 e. The number of rotatable bonds is 5. The number of hydrazone groups is 1. The molecule has 0 aliphatic rings. The van der Waals surface area contributed by atoms with Gasteiger partial charge in [0.15, 0.2) is 0 Å². The Labute approximate surface area is 150 Å². The maximum atomic E-state index is 12.3. The van der Waals surface area contributed by atoms with Crippen LogP contribution in [0.1, 0.15) is 27.2 Å². The standard InChI is InChI=1S/C19H17ClN2OS/c1-13-9-10-15-16(12-13)24-18(17(15)20)19(23)22-21-11-5-8-14-6-3-2-4-7-14/h2-4,6-7,9-12H,5,8H2,1H3,(H,22,23). The summed E-state index contributed by atoms with van der Waals surface area (Å²) in [5, 5.41) is 5.42. The van der Waals surface area contributed by atoms with Gasteiger partial charge in [-0.1, -0.05) is 54.1 Å². The number of carbonyl (C=O) groups excluding carboxylic acids is 1. The quantitative estimate of drug-likeness (QED) is 0.494. The molecular weight excluding hydrogens is 340 g/mol. The molecule has 0 radical (unpaired) electrons. The van der Waals surface area contributed by atoms with E-state index < -0.39 is 0 Å². The lowest BCUT2D eigenvalue weighted by atomic mass is 10.1. The highest BCUT2D eigenvalue weighted by Gasteiger charge is 2.16. The van der Waals surface area contributed by atoms with E-state index in [9.17, 15) is 4.79 Å². The van der Waals surface area contributed by atoms with Crippen molar-refractivity contribution in [3.8, 4) is 0 Å². The Morgan fingerprint density at radius 2 is 2.04 bits per heavy atom. The van der Waals surface area contributed by atoms with Crippen LogP contribution >= 0.6 is 22.9 Å². The van der Waals surface area contributed by atoms with Crippen LogP contribution in [0.3, 0.4) is 0 Å². The van der Waals surface area contributed by atoms with Gasteiger partial charge in [-0.3, -0.25) is 4.79 Å². The minimum atomic E-state index is -0.269. The zero-order valence-corrected chi connectivity index (χ0v) is 14.8. The highest BCUT2D eigenvalue weighted by Crippen LogP contribution is 2.35. The van der Waals surface area contributed by atoms with Crippen molar-refractivity contribution in [1.82, 2.24) is 5.43 Å². The van der Waals surface area contributed by atoms with Crippen LogP contribution in [0.5, 0.6) is 0 Å². The van der Waals surface area contributed by atoms with Gasteiger partial charge < -0.3 is 0 Å². The molecule has 0 fully saturated rings. The Balaban J connectivity index is 1.61. The molecule has 3 rings (SSSR count). The summed E-state index contributed by atoms with van der Waals surface area (Å²) in [6.45, 7) is 2.02. The first-order chi connectivity index (χ1) is 11.6. The first-order valence-electron chi connectivity index (χ1n) is 7.69. The van der Waals surface area contributed by atoms with Gasteiger partial charge in [0.1, 0.15) is 4.88 Å². The number of amides is 1. The summed E-state index contributed by atoms with van der Waals surface area (Å²) in [7, 11) is 0. The Kier molecular flexibility index (Phi) is 5.28. The molecule has 0 unspecified atom stereocenters. The van der Waals surface area contributed by atoms with E-state index >= 15 is 0 Å². The van der Waals surface area contributed by atoms with Crippen molar-refractivity contribution in [3.63, 3.8) is 0 Å². The minimum absolute atomic E-state index is 0.269. The number of thiophene rings is 1. The molecule has 0 atom stereocenters. The third-order valence-electron chi connectivity index (χ3n) is 3.65. The molecule has 3 aromatic rings. The van der Waals surface area contributed by atoms with Gasteiger partial charge in [-0.05, 0) is 37.0 Å². The van der Waals surface area contributed by atoms with E-state index in [-0.39, 0.29) is 5.91 Å². The van der Waals surface area contributed by atoms with Crippen molar-refractivity contribution >= 4 is 45.1 Å². The molecule has 2 aromatic carbocycles. The molecule has 0 spiro atoms. The number of aryl methyl sites for hydroxylation is 2. The van der Waals surface area contributed by atoms with Gasteiger partial charge in [-0.15, -0.1) is 11.3 Å². The van der Waals surface area contributed by atoms with Crippen LogP contribution in [0.2, 0.25) is 5.02 Å². The summed E-state index contributed by atoms with van der Waals surface area (Å²) in [6, 6.07) is 16.1. The monoisotopic (exact) mass is 356 g/mol. The normalized spacial score (nSPS) is 11.2. The molecule has 5 heteroatoms. The number of nitrogens with one attached hydrogen (secondary N) is 1. The van der Waals surface area contributed by atoms with E-state index in [4.69, 9.17) is 11.6 Å². The summed E-state index contributed by atoms with van der Waals surface area (Å²) in [4.78, 5) is 12.8. The molecule has 0 aliphatic carbocycles. The van der Waals surface area contributed by atoms with Gasteiger partial charge in [0.25, 0.3) is 5.91 Å². The minimum Gasteiger partial charge on any atom is -0.266 e. The number of carbonyl (C=O) groups is 1. The molecule has 0 bridgehead atoms. The number of benzene rings is 2. The van der Waals surface area contributed by atoms with Crippen molar-refractivity contribution in [3.05, 3.63) is 69.6 Å². The fourth-order valence-corrected chi connectivity index (χ4v) is 3.92. The summed E-state index contributed by atoms with van der Waals surface area (Å²) in [5.41, 5.74) is 4.95. The van der Waals surface area contributed by atoms with Gasteiger partial charge in [-0.2, -0.15) is 5.10 Å². The molecule has 24 heavy (non-hydrogen) atoms. The van der Waals surface area contributed by atoms with Crippen LogP contribution in [-0.2, 0) is 6.42 Å². The maximum Gasteiger partial charge on any atom is 0.282 e. The predicted octanol–water partition coefficient (Wildman–Crippen LogP) is 5.21. The van der Waals surface area contributed by atoms with Gasteiger partial charge in [0, 0.05) is 16.3 Å². The van der Waals surface area contributed by atoms with E-state index in [2.05, 4.69) is 22.7 Å². The van der Waals surface area contributed by atoms with Gasteiger partial charge in [-0.25, -0.2) is 5.43 Å². The van der Waals surface area contributed by atoms with Crippen LogP contribution in [0.4, 0.5) is 0 Å². The number of fused-ring (bicyclic) bond motifs is 1. The van der Waals surface area contributed by atoms with Crippen molar-refractivity contribution < 1.29 is 4.79 Å². The zero-order valence-electron chi connectivity index (χ0n) is 13.3. The second-order valence-corrected chi connectivity index (χ2v) is 6.95. The highest BCUT2D eigenvalue weighted by molar-refractivity contribution is 7.21. The van der Waals surface area contributed by atoms with Crippen LogP contribution in [-0.4, -0.2) is 12.1 Å². The second kappa shape index (κ2) is 7.60. The van der Waals surface area contributed by atoms with Crippen LogP contribution in [0.25, 0.3) is 10.1 Å². The smallest absolute Gasteiger partial charge is 0.266 e. The lowest BCUT2D eigenvalue weighted by molar-refractivity contribution is 0.0959. The van der Waals surface area contributed by atoms with Crippen molar-refractivity contribution in [2.24, 2.45) is 5.10 Å². The highest BCUT2D eigenvalue weighted by atomic mass is 35.5. The Morgan fingerprint density at radius 3 is 2.83 bits per heavy atom. The second-order valence-electron chi connectivity index (χ2n) is 5.52. The molecular formula is C19H17ClN2OS. The molecule has 0 aliphatic heterocycles. The molecule has 0 saturated carbocycles. The van der Waals surface area contributed by atoms with Crippen LogP contribution < -0.4 is 5.43 Å². The topological polar surface area (TPSA) is 41.5 Å². The molecule has 1 amide bonds. The van der Waals surface area contributed by atoms with E-state index in [1.165, 1.54) is 16.9 Å². The zero-order chi connectivity index (χ0) is 16.9. The van der Waals surface area contributed by atoms with Gasteiger partial charge >= 0.3 is 0 Å². The summed E-state index contributed by atoms with van der Waals surface area (Å²) in [5.74, 6) is -0.269. The molecule has 3 nitrogen and oxygen atoms in total. The lowest BCUT2D eigenvalue weighted by Gasteiger charge is -1.98. The Hall–Kier alpha value is -2.17. The summed E-state index contributed by atoms with van der Waals surface area (Å²) >= 11 is 7.71. The van der Waals surface area contributed by atoms with Crippen molar-refractivity contribution in [2.75, 3.05) is 0 Å². The first kappa shape index (κ1) is 16.7. The molecule has 1 heterocycles. The third kappa shape index (κ3) is 3.83. The summed E-state index contributed by atoms with van der Waals surface area (Å²) < 4.78 is 1.01. The maximum absolute atomic E-state index is 12.3. The Bertz CT molecular complexity index is 887. The van der Waals surface area contributed by atoms with E-state index in [0.29, 0.717) is 9.90 Å². The fourth-order valence-electron chi connectivity index (χ4n) is 2.41. The van der Waals surface area contributed by atoms with E-state index in [1.54, 1.807) is 6.21 Å². The number of halogens is 1. The predicted molar refractivity (Wildman–Crippen MR) is 102 cm³/mol. The lowest BCUT2D eigenvalue weighted by Crippen LogP contribution is -2.16. The average Bonchev–Trinajstić information content (AvgIpc) is 2.91. The van der Waals surface area contributed by atoms with E-state index in [0.717, 1.165) is 28.5 Å². The van der Waals surface area contributed by atoms with Crippen LogP contribution in [0, 0.1) is 6.92 Å². The molecule has 1 aromatic heterocycles. The van der Waals surface area contributed by atoms with Crippen molar-refractivity contribution in [2.45, 2.75) is 19.8 Å². The first-order valence-corrected chi connectivity index (χ1v) is 8.89. The number of hydrogen-bond acceptors (Lipinski definition) is 3. The molecule has 0 saturated heterocycles. The van der Waals surface area contributed by atoms with Crippen molar-refractivity contribution in [1.29, 1.82) is 0 Å². The number of hydrogen-bond donors (Lipinski definition) is 1. The van der Waals surface area contributed by atoms with E-state index in [1.807, 2.05) is 43.3 Å². The average molecular weight is 357 g/mol. The number of nitrogens with zero attached hydrogens (tertiary/aromatic N) is 1. The van der Waals surface area contributed by atoms with Crippen LogP contribution in [0.15, 0.2) is 53.6 Å². The summed E-state index contributed by atoms with van der Waals surface area (Å²) in [6.07, 6.45) is 3.38. The fraction of sp³-hybridized carbons (Fsp3) is 0.158.